The summed E-state index contributed by atoms with van der Waals surface area (Å²) in [5, 5.41) is 3.11. The summed E-state index contributed by atoms with van der Waals surface area (Å²) < 4.78 is 18.0. The largest absolute Gasteiger partial charge is 0.383 e. The van der Waals surface area contributed by atoms with Crippen molar-refractivity contribution < 1.29 is 9.13 Å². The number of methoxy groups -OCH3 is 1. The number of ether oxygens (including phenoxy) is 1. The van der Waals surface area contributed by atoms with Gasteiger partial charge in [0.15, 0.2) is 0 Å². The topological polar surface area (TPSA) is 34.1 Å². The quantitative estimate of drug-likeness (QED) is 0.775. The Labute approximate surface area is 83.3 Å². The van der Waals surface area contributed by atoms with Crippen LogP contribution in [0.5, 0.6) is 0 Å². The minimum atomic E-state index is -0.274. The fourth-order valence-corrected chi connectivity index (χ4v) is 1.13. The number of aromatic nitrogens is 1. The monoisotopic (exact) mass is 198 g/mol. The zero-order valence-corrected chi connectivity index (χ0v) is 8.46. The number of nitrogens with zero attached hydrogens (tertiary/aromatic N) is 1. The van der Waals surface area contributed by atoms with Crippen LogP contribution < -0.4 is 5.32 Å². The van der Waals surface area contributed by atoms with Crippen molar-refractivity contribution in [3.63, 3.8) is 0 Å². The van der Waals surface area contributed by atoms with Crippen LogP contribution in [-0.4, -0.2) is 24.7 Å². The number of hydrogen-bond acceptors (Lipinski definition) is 3. The van der Waals surface area contributed by atoms with Crippen molar-refractivity contribution in [1.82, 2.24) is 10.3 Å². The van der Waals surface area contributed by atoms with Crippen LogP contribution in [0.15, 0.2) is 18.3 Å². The molecule has 1 unspecified atom stereocenters. The van der Waals surface area contributed by atoms with E-state index in [9.17, 15) is 4.39 Å². The van der Waals surface area contributed by atoms with Gasteiger partial charge in [-0.05, 0) is 19.1 Å². The van der Waals surface area contributed by atoms with Crippen LogP contribution in [0.2, 0.25) is 0 Å². The molecule has 4 heteroatoms. The van der Waals surface area contributed by atoms with Crippen LogP contribution >= 0.6 is 0 Å². The van der Waals surface area contributed by atoms with Gasteiger partial charge in [-0.3, -0.25) is 4.98 Å². The molecule has 0 amide bonds. The van der Waals surface area contributed by atoms with Gasteiger partial charge in [0.05, 0.1) is 12.3 Å². The number of halogens is 1. The molecule has 0 aromatic carbocycles. The number of rotatable bonds is 5. The van der Waals surface area contributed by atoms with E-state index in [0.29, 0.717) is 18.8 Å². The highest BCUT2D eigenvalue weighted by atomic mass is 19.1. The third-order valence-corrected chi connectivity index (χ3v) is 1.87. The maximum absolute atomic E-state index is 13.1. The molecule has 0 fully saturated rings. The molecule has 0 radical (unpaired) electrons. The van der Waals surface area contributed by atoms with Gasteiger partial charge in [0.25, 0.3) is 0 Å². The first-order valence-corrected chi connectivity index (χ1v) is 4.55. The molecule has 0 aliphatic carbocycles. The van der Waals surface area contributed by atoms with Crippen molar-refractivity contribution in [3.8, 4) is 0 Å². The van der Waals surface area contributed by atoms with Crippen LogP contribution in [0, 0.1) is 5.82 Å². The van der Waals surface area contributed by atoms with Crippen LogP contribution in [0.4, 0.5) is 4.39 Å². The van der Waals surface area contributed by atoms with Crippen LogP contribution in [-0.2, 0) is 11.3 Å². The predicted octanol–water partition coefficient (Wildman–Crippen LogP) is 1.35. The molecule has 0 spiro atoms. The van der Waals surface area contributed by atoms with Crippen molar-refractivity contribution in [2.24, 2.45) is 0 Å². The Morgan fingerprint density at radius 1 is 1.64 bits per heavy atom. The van der Waals surface area contributed by atoms with E-state index in [1.54, 1.807) is 19.4 Å². The Hall–Kier alpha value is -1.00. The fourth-order valence-electron chi connectivity index (χ4n) is 1.13. The third kappa shape index (κ3) is 3.40. The normalized spacial score (nSPS) is 12.8. The Kier molecular flexibility index (Phi) is 4.49. The van der Waals surface area contributed by atoms with E-state index in [0.717, 1.165) is 0 Å². The minimum Gasteiger partial charge on any atom is -0.383 e. The van der Waals surface area contributed by atoms with Gasteiger partial charge in [0.2, 0.25) is 0 Å². The molecular weight excluding hydrogens is 183 g/mol. The molecule has 0 aliphatic heterocycles. The second-order valence-corrected chi connectivity index (χ2v) is 3.17. The summed E-state index contributed by atoms with van der Waals surface area (Å²) in [5.41, 5.74) is 0.440. The van der Waals surface area contributed by atoms with Gasteiger partial charge in [-0.25, -0.2) is 4.39 Å². The maximum Gasteiger partial charge on any atom is 0.146 e. The maximum atomic E-state index is 13.1. The van der Waals surface area contributed by atoms with E-state index < -0.39 is 0 Å². The van der Waals surface area contributed by atoms with Gasteiger partial charge in [-0.1, -0.05) is 0 Å². The first-order valence-electron chi connectivity index (χ1n) is 4.55. The Morgan fingerprint density at radius 3 is 3.07 bits per heavy atom. The standard InChI is InChI=1S/C10H15FN2O/c1-8(7-14-2)13-6-10-9(11)4-3-5-12-10/h3-5,8,13H,6-7H2,1-2H3. The summed E-state index contributed by atoms with van der Waals surface area (Å²) in [6.45, 7) is 3.01. The second kappa shape index (κ2) is 5.67. The van der Waals surface area contributed by atoms with Gasteiger partial charge >= 0.3 is 0 Å². The Balaban J connectivity index is 2.41. The minimum absolute atomic E-state index is 0.196. The Morgan fingerprint density at radius 2 is 2.43 bits per heavy atom. The second-order valence-electron chi connectivity index (χ2n) is 3.17. The molecule has 1 atom stereocenters. The van der Waals surface area contributed by atoms with Gasteiger partial charge in [-0.15, -0.1) is 0 Å². The summed E-state index contributed by atoms with van der Waals surface area (Å²) >= 11 is 0. The van der Waals surface area contributed by atoms with Gasteiger partial charge in [-0.2, -0.15) is 0 Å². The molecule has 14 heavy (non-hydrogen) atoms. The van der Waals surface area contributed by atoms with E-state index in [4.69, 9.17) is 4.74 Å². The van der Waals surface area contributed by atoms with Crippen molar-refractivity contribution in [3.05, 3.63) is 29.8 Å². The predicted molar refractivity (Wildman–Crippen MR) is 52.4 cm³/mol. The molecule has 0 bridgehead atoms. The smallest absolute Gasteiger partial charge is 0.146 e. The molecule has 0 aliphatic rings. The zero-order valence-electron chi connectivity index (χ0n) is 8.46. The first-order chi connectivity index (χ1) is 6.74. The van der Waals surface area contributed by atoms with Gasteiger partial charge < -0.3 is 10.1 Å². The molecule has 1 rings (SSSR count). The van der Waals surface area contributed by atoms with E-state index in [2.05, 4.69) is 10.3 Å². The van der Waals surface area contributed by atoms with Gasteiger partial charge in [0.1, 0.15) is 5.82 Å². The number of nitrogens with one attached hydrogen (secondary N) is 1. The van der Waals surface area contributed by atoms with Gasteiger partial charge in [0, 0.05) is 25.9 Å². The van der Waals surface area contributed by atoms with E-state index >= 15 is 0 Å². The highest BCUT2D eigenvalue weighted by molar-refractivity contribution is 5.06. The SMILES string of the molecule is COCC(C)NCc1ncccc1F. The molecule has 1 aromatic heterocycles. The van der Waals surface area contributed by atoms with Crippen molar-refractivity contribution in [1.29, 1.82) is 0 Å². The fraction of sp³-hybridized carbons (Fsp3) is 0.500. The molecule has 3 nitrogen and oxygen atoms in total. The van der Waals surface area contributed by atoms with E-state index in [1.807, 2.05) is 6.92 Å². The van der Waals surface area contributed by atoms with Crippen molar-refractivity contribution in [2.45, 2.75) is 19.5 Å². The average molecular weight is 198 g/mol. The zero-order chi connectivity index (χ0) is 10.4. The molecule has 1 heterocycles. The van der Waals surface area contributed by atoms with Crippen LogP contribution in [0.1, 0.15) is 12.6 Å². The first kappa shape index (κ1) is 11.1. The summed E-state index contributed by atoms with van der Waals surface area (Å²) in [5.74, 6) is -0.274. The lowest BCUT2D eigenvalue weighted by Crippen LogP contribution is -2.30. The highest BCUT2D eigenvalue weighted by Gasteiger charge is 2.04. The highest BCUT2D eigenvalue weighted by Crippen LogP contribution is 2.01. The number of hydrogen-bond donors (Lipinski definition) is 1. The lowest BCUT2D eigenvalue weighted by atomic mass is 10.3. The number of pyridine rings is 1. The molecule has 0 saturated carbocycles. The van der Waals surface area contributed by atoms with Crippen LogP contribution in [0.3, 0.4) is 0 Å². The molecule has 78 valence electrons. The van der Waals surface area contributed by atoms with Crippen LogP contribution in [0.25, 0.3) is 0 Å². The molecule has 0 saturated heterocycles. The molecular formula is C10H15FN2O. The summed E-state index contributed by atoms with van der Waals surface area (Å²) in [4.78, 5) is 3.93. The lowest BCUT2D eigenvalue weighted by Gasteiger charge is -2.12. The molecule has 1 N–H and O–H groups in total. The molecule has 1 aromatic rings. The summed E-state index contributed by atoms with van der Waals surface area (Å²) in [6, 6.07) is 3.18. The van der Waals surface area contributed by atoms with Crippen molar-refractivity contribution in [2.75, 3.05) is 13.7 Å². The summed E-state index contributed by atoms with van der Waals surface area (Å²) in [7, 11) is 1.64. The summed E-state index contributed by atoms with van der Waals surface area (Å²) in [6.07, 6.45) is 1.58. The Bertz CT molecular complexity index is 281. The van der Waals surface area contributed by atoms with Crippen molar-refractivity contribution >= 4 is 0 Å². The van der Waals surface area contributed by atoms with E-state index in [-0.39, 0.29) is 11.9 Å². The van der Waals surface area contributed by atoms with E-state index in [1.165, 1.54) is 6.07 Å². The average Bonchev–Trinajstić information content (AvgIpc) is 2.17. The third-order valence-electron chi connectivity index (χ3n) is 1.87. The lowest BCUT2D eigenvalue weighted by molar-refractivity contribution is 0.171.